The summed E-state index contributed by atoms with van der Waals surface area (Å²) < 4.78 is 5.48. The number of rotatable bonds is 4. The second-order valence-corrected chi connectivity index (χ2v) is 5.27. The van der Waals surface area contributed by atoms with Gasteiger partial charge in [0.2, 0.25) is 0 Å². The van der Waals surface area contributed by atoms with Crippen LogP contribution < -0.4 is 15.2 Å². The van der Waals surface area contributed by atoms with E-state index in [1.807, 2.05) is 0 Å². The van der Waals surface area contributed by atoms with Crippen molar-refractivity contribution in [2.24, 2.45) is 0 Å². The van der Waals surface area contributed by atoms with Crippen LogP contribution in [0.5, 0.6) is 5.75 Å². The van der Waals surface area contributed by atoms with Gasteiger partial charge in [0.25, 0.3) is 5.91 Å². The normalized spacial score (nSPS) is 16.5. The van der Waals surface area contributed by atoms with Crippen LogP contribution in [0.4, 0.5) is 0 Å². The molecule has 5 nitrogen and oxygen atoms in total. The van der Waals surface area contributed by atoms with Gasteiger partial charge in [-0.2, -0.15) is 0 Å². The fraction of sp³-hybridized carbons (Fsp3) is 0.0833. The number of benzene rings is 1. The van der Waals surface area contributed by atoms with Crippen LogP contribution in [0.25, 0.3) is 6.08 Å². The first-order valence-electron chi connectivity index (χ1n) is 5.23. The van der Waals surface area contributed by atoms with E-state index in [-0.39, 0.29) is 5.91 Å². The molecule has 1 fully saturated rings. The monoisotopic (exact) mass is 294 g/mol. The third-order valence-electron chi connectivity index (χ3n) is 2.19. The molecule has 1 N–H and O–H groups in total. The van der Waals surface area contributed by atoms with Gasteiger partial charge in [-0.1, -0.05) is 42.2 Å². The number of nitrogens with one attached hydrogen (secondary N) is 1. The molecule has 1 heterocycles. The highest BCUT2D eigenvalue weighted by Crippen LogP contribution is 2.29. The number of ether oxygens (including phenoxy) is 1. The molecule has 7 heteroatoms. The molecular formula is C12H8NO4S2-. The second kappa shape index (κ2) is 5.85. The van der Waals surface area contributed by atoms with Crippen molar-refractivity contribution in [2.75, 3.05) is 6.61 Å². The number of thioether (sulfide) groups is 1. The Labute approximate surface area is 118 Å². The Balaban J connectivity index is 2.25. The summed E-state index contributed by atoms with van der Waals surface area (Å²) in [5, 5.41) is 12.9. The van der Waals surface area contributed by atoms with E-state index in [0.29, 0.717) is 20.5 Å². The van der Waals surface area contributed by atoms with Gasteiger partial charge in [-0.3, -0.25) is 4.79 Å². The summed E-state index contributed by atoms with van der Waals surface area (Å²) in [6.07, 6.45) is 1.60. The van der Waals surface area contributed by atoms with Crippen LogP contribution in [0.1, 0.15) is 5.56 Å². The molecule has 0 aliphatic carbocycles. The number of carboxylic acids is 1. The molecular weight excluding hydrogens is 286 g/mol. The van der Waals surface area contributed by atoms with Crippen LogP contribution >= 0.6 is 24.0 Å². The third kappa shape index (κ3) is 3.55. The molecule has 1 aromatic carbocycles. The molecule has 0 saturated carbocycles. The fourth-order valence-corrected chi connectivity index (χ4v) is 2.47. The maximum absolute atomic E-state index is 11.5. The van der Waals surface area contributed by atoms with Crippen molar-refractivity contribution in [2.45, 2.75) is 0 Å². The minimum Gasteiger partial charge on any atom is -0.546 e. The number of hydrogen-bond donors (Lipinski definition) is 1. The number of carbonyl (C=O) groups excluding carboxylic acids is 2. The molecule has 98 valence electrons. The SMILES string of the molecule is O=C([O-])COc1ccccc1/C=C1\SC(=S)NC1=O. The number of hydrogen-bond acceptors (Lipinski definition) is 6. The summed E-state index contributed by atoms with van der Waals surface area (Å²) in [5.74, 6) is -1.22. The minimum absolute atomic E-state index is 0.273. The molecule has 1 aromatic rings. The molecule has 0 unspecified atom stereocenters. The van der Waals surface area contributed by atoms with E-state index in [0.717, 1.165) is 11.8 Å². The van der Waals surface area contributed by atoms with Crippen LogP contribution in [-0.4, -0.2) is 22.8 Å². The zero-order valence-corrected chi connectivity index (χ0v) is 11.2. The molecule has 1 amide bonds. The lowest BCUT2D eigenvalue weighted by Crippen LogP contribution is -2.29. The van der Waals surface area contributed by atoms with Crippen LogP contribution in [0.15, 0.2) is 29.2 Å². The summed E-state index contributed by atoms with van der Waals surface area (Å²) in [5.41, 5.74) is 0.603. The first kappa shape index (κ1) is 13.6. The quantitative estimate of drug-likeness (QED) is 0.636. The number of amides is 1. The summed E-state index contributed by atoms with van der Waals surface area (Å²) in [6.45, 7) is -0.544. The average Bonchev–Trinajstić information content (AvgIpc) is 2.67. The highest BCUT2D eigenvalue weighted by atomic mass is 32.2. The maximum Gasteiger partial charge on any atom is 0.263 e. The molecule has 1 saturated heterocycles. The Morgan fingerprint density at radius 3 is 2.84 bits per heavy atom. The van der Waals surface area contributed by atoms with Gasteiger partial charge in [-0.05, 0) is 12.1 Å². The van der Waals surface area contributed by atoms with Gasteiger partial charge in [0.15, 0.2) is 0 Å². The van der Waals surface area contributed by atoms with Gasteiger partial charge in [0.05, 0.1) is 10.9 Å². The Morgan fingerprint density at radius 2 is 2.21 bits per heavy atom. The molecule has 0 bridgehead atoms. The van der Waals surface area contributed by atoms with E-state index in [4.69, 9.17) is 17.0 Å². The second-order valence-electron chi connectivity index (χ2n) is 3.55. The molecule has 0 aromatic heterocycles. The van der Waals surface area contributed by atoms with Gasteiger partial charge in [-0.15, -0.1) is 0 Å². The highest BCUT2D eigenvalue weighted by molar-refractivity contribution is 8.26. The molecule has 0 spiro atoms. The topological polar surface area (TPSA) is 78.5 Å². The van der Waals surface area contributed by atoms with Crippen molar-refractivity contribution in [3.63, 3.8) is 0 Å². The number of carbonyl (C=O) groups is 2. The molecule has 2 rings (SSSR count). The summed E-state index contributed by atoms with van der Waals surface area (Å²) >= 11 is 6.03. The van der Waals surface area contributed by atoms with Gasteiger partial charge in [-0.25, -0.2) is 0 Å². The maximum atomic E-state index is 11.5. The van der Waals surface area contributed by atoms with E-state index in [2.05, 4.69) is 5.32 Å². The molecule has 1 aliphatic heterocycles. The lowest BCUT2D eigenvalue weighted by Gasteiger charge is -2.09. The Morgan fingerprint density at radius 1 is 1.47 bits per heavy atom. The van der Waals surface area contributed by atoms with E-state index in [9.17, 15) is 14.7 Å². The molecule has 19 heavy (non-hydrogen) atoms. The zero-order chi connectivity index (χ0) is 13.8. The van der Waals surface area contributed by atoms with Crippen molar-refractivity contribution >= 4 is 46.3 Å². The van der Waals surface area contributed by atoms with Crippen molar-refractivity contribution in [3.05, 3.63) is 34.7 Å². The van der Waals surface area contributed by atoms with Crippen LogP contribution in [0.2, 0.25) is 0 Å². The van der Waals surface area contributed by atoms with E-state index in [1.165, 1.54) is 0 Å². The van der Waals surface area contributed by atoms with Crippen molar-refractivity contribution < 1.29 is 19.4 Å². The standard InChI is InChI=1S/C12H9NO4S2/c14-10(15)6-17-8-4-2-1-3-7(8)5-9-11(16)13-12(18)19-9/h1-5H,6H2,(H,14,15)(H,13,16,18)/p-1/b9-5-. The largest absolute Gasteiger partial charge is 0.546 e. The summed E-state index contributed by atoms with van der Waals surface area (Å²) in [7, 11) is 0. The number of para-hydroxylation sites is 1. The van der Waals surface area contributed by atoms with Crippen molar-refractivity contribution in [3.8, 4) is 5.75 Å². The Bertz CT molecular complexity index is 583. The van der Waals surface area contributed by atoms with Crippen molar-refractivity contribution in [1.29, 1.82) is 0 Å². The highest BCUT2D eigenvalue weighted by Gasteiger charge is 2.22. The Hall–Kier alpha value is -1.86. The molecule has 1 aliphatic rings. The zero-order valence-electron chi connectivity index (χ0n) is 9.54. The van der Waals surface area contributed by atoms with E-state index >= 15 is 0 Å². The lowest BCUT2D eigenvalue weighted by molar-refractivity contribution is -0.307. The van der Waals surface area contributed by atoms with Crippen LogP contribution in [0.3, 0.4) is 0 Å². The smallest absolute Gasteiger partial charge is 0.263 e. The van der Waals surface area contributed by atoms with Gasteiger partial charge >= 0.3 is 0 Å². The van der Waals surface area contributed by atoms with Gasteiger partial charge in [0, 0.05) is 5.56 Å². The minimum atomic E-state index is -1.31. The first-order valence-corrected chi connectivity index (χ1v) is 6.45. The summed E-state index contributed by atoms with van der Waals surface area (Å²) in [6, 6.07) is 6.80. The van der Waals surface area contributed by atoms with Crippen LogP contribution in [0, 0.1) is 0 Å². The average molecular weight is 294 g/mol. The predicted molar refractivity (Wildman–Crippen MR) is 73.3 cm³/mol. The number of thiocarbonyl (C=S) groups is 1. The summed E-state index contributed by atoms with van der Waals surface area (Å²) in [4.78, 5) is 22.4. The third-order valence-corrected chi connectivity index (χ3v) is 3.36. The molecule has 0 atom stereocenters. The van der Waals surface area contributed by atoms with E-state index < -0.39 is 12.6 Å². The lowest BCUT2D eigenvalue weighted by atomic mass is 10.2. The van der Waals surface area contributed by atoms with Gasteiger partial charge in [0.1, 0.15) is 16.7 Å². The first-order chi connectivity index (χ1) is 9.06. The van der Waals surface area contributed by atoms with E-state index in [1.54, 1.807) is 30.3 Å². The fourth-order valence-electron chi connectivity index (χ4n) is 1.43. The Kier molecular flexibility index (Phi) is 4.18. The number of aliphatic carboxylic acids is 1. The van der Waals surface area contributed by atoms with Crippen LogP contribution in [-0.2, 0) is 9.59 Å². The van der Waals surface area contributed by atoms with Gasteiger partial charge < -0.3 is 20.0 Å². The predicted octanol–water partition coefficient (Wildman–Crippen LogP) is 0.304. The number of carboxylic acid groups (broad SMARTS) is 1. The molecule has 0 radical (unpaired) electrons. The van der Waals surface area contributed by atoms with Crippen molar-refractivity contribution in [1.82, 2.24) is 5.32 Å².